The van der Waals surface area contributed by atoms with E-state index in [1.807, 2.05) is 11.8 Å². The zero-order chi connectivity index (χ0) is 11.1. The van der Waals surface area contributed by atoms with Gasteiger partial charge in [-0.3, -0.25) is 0 Å². The molecule has 14 heavy (non-hydrogen) atoms. The molecule has 1 unspecified atom stereocenters. The monoisotopic (exact) mass is 213 g/mol. The van der Waals surface area contributed by atoms with Crippen molar-refractivity contribution in [3.05, 3.63) is 24.3 Å². The molecule has 0 rings (SSSR count). The first-order valence-corrected chi connectivity index (χ1v) is 6.56. The van der Waals surface area contributed by atoms with Gasteiger partial charge in [-0.15, -0.1) is 0 Å². The van der Waals surface area contributed by atoms with Crippen LogP contribution < -0.4 is 5.73 Å². The zero-order valence-corrected chi connectivity index (χ0v) is 10.5. The maximum atomic E-state index is 6.02. The van der Waals surface area contributed by atoms with E-state index in [1.165, 1.54) is 0 Å². The quantitative estimate of drug-likeness (QED) is 0.657. The largest absolute Gasteiger partial charge is 0.324 e. The van der Waals surface area contributed by atoms with Crippen LogP contribution in [0.4, 0.5) is 0 Å². The minimum atomic E-state index is 0.0870. The molecule has 1 nitrogen and oxygen atoms in total. The summed E-state index contributed by atoms with van der Waals surface area (Å²) >= 11 is 1.82. The van der Waals surface area contributed by atoms with E-state index in [9.17, 15) is 0 Å². The lowest BCUT2D eigenvalue weighted by molar-refractivity contribution is 0.638. The fourth-order valence-corrected chi connectivity index (χ4v) is 1.71. The molecule has 0 aromatic carbocycles. The van der Waals surface area contributed by atoms with Crippen LogP contribution in [-0.4, -0.2) is 18.1 Å². The molecule has 0 saturated heterocycles. The lowest BCUT2D eigenvalue weighted by atomic mass is 9.89. The molecular formula is C12H23NS. The summed E-state index contributed by atoms with van der Waals surface area (Å²) < 4.78 is 0. The van der Waals surface area contributed by atoms with Crippen molar-refractivity contribution >= 4 is 11.8 Å². The van der Waals surface area contributed by atoms with Crippen LogP contribution in [0.5, 0.6) is 0 Å². The predicted octanol–water partition coefficient (Wildman–Crippen LogP) is 3.23. The van der Waals surface area contributed by atoms with Gasteiger partial charge >= 0.3 is 0 Å². The Hall–Kier alpha value is -0.210. The molecule has 0 heterocycles. The minimum Gasteiger partial charge on any atom is -0.324 e. The van der Waals surface area contributed by atoms with Crippen molar-refractivity contribution in [2.45, 2.75) is 32.7 Å². The first kappa shape index (κ1) is 13.8. The molecule has 0 aliphatic heterocycles. The van der Waals surface area contributed by atoms with Gasteiger partial charge in [-0.25, -0.2) is 0 Å². The van der Waals surface area contributed by atoms with E-state index in [1.54, 1.807) is 0 Å². The molecule has 0 amide bonds. The molecule has 0 radical (unpaired) electrons. The first-order valence-electron chi connectivity index (χ1n) is 5.17. The lowest BCUT2D eigenvalue weighted by Crippen LogP contribution is -2.25. The average Bonchev–Trinajstić information content (AvgIpc) is 2.22. The molecule has 0 aliphatic carbocycles. The summed E-state index contributed by atoms with van der Waals surface area (Å²) in [5, 5.41) is 0. The van der Waals surface area contributed by atoms with Gasteiger partial charge < -0.3 is 5.73 Å². The van der Waals surface area contributed by atoms with Crippen LogP contribution >= 0.6 is 11.8 Å². The third kappa shape index (κ3) is 4.34. The SMILES string of the molecule is C=C(C(=C)[C@@H](N)CCSC)C(C)CC. The van der Waals surface area contributed by atoms with Crippen LogP contribution in [0.25, 0.3) is 0 Å². The van der Waals surface area contributed by atoms with Gasteiger partial charge in [-0.05, 0) is 41.9 Å². The zero-order valence-electron chi connectivity index (χ0n) is 9.68. The lowest BCUT2D eigenvalue weighted by Gasteiger charge is -2.20. The fourth-order valence-electron chi connectivity index (χ4n) is 1.22. The topological polar surface area (TPSA) is 26.0 Å². The Bertz CT molecular complexity index is 198. The summed E-state index contributed by atoms with van der Waals surface area (Å²) in [6, 6.07) is 0.0870. The number of hydrogen-bond acceptors (Lipinski definition) is 2. The maximum Gasteiger partial charge on any atom is 0.0299 e. The van der Waals surface area contributed by atoms with E-state index >= 15 is 0 Å². The highest BCUT2D eigenvalue weighted by Crippen LogP contribution is 2.22. The number of rotatable bonds is 7. The number of thioether (sulfide) groups is 1. The molecule has 2 N–H and O–H groups in total. The summed E-state index contributed by atoms with van der Waals surface area (Å²) in [5.41, 5.74) is 8.18. The normalized spacial score (nSPS) is 14.9. The van der Waals surface area contributed by atoms with Crippen molar-refractivity contribution < 1.29 is 0 Å². The van der Waals surface area contributed by atoms with E-state index in [2.05, 4.69) is 33.3 Å². The van der Waals surface area contributed by atoms with Crippen LogP contribution in [-0.2, 0) is 0 Å². The summed E-state index contributed by atoms with van der Waals surface area (Å²) in [4.78, 5) is 0. The summed E-state index contributed by atoms with van der Waals surface area (Å²) in [6.45, 7) is 12.4. The van der Waals surface area contributed by atoms with Gasteiger partial charge in [0, 0.05) is 6.04 Å². The van der Waals surface area contributed by atoms with E-state index in [-0.39, 0.29) is 6.04 Å². The first-order chi connectivity index (χ1) is 6.54. The molecule has 0 saturated carbocycles. The van der Waals surface area contributed by atoms with Gasteiger partial charge in [0.05, 0.1) is 0 Å². The van der Waals surface area contributed by atoms with E-state index in [4.69, 9.17) is 5.73 Å². The highest BCUT2D eigenvalue weighted by Gasteiger charge is 2.13. The Morgan fingerprint density at radius 1 is 1.36 bits per heavy atom. The molecule has 0 aromatic heterocycles. The standard InChI is InChI=1S/C12H23NS/c1-6-9(2)10(3)11(4)12(13)7-8-14-5/h9,12H,3-4,6-8,13H2,1-2,5H3/t9?,12-/m0/s1. The Morgan fingerprint density at radius 3 is 2.36 bits per heavy atom. The second kappa shape index (κ2) is 7.13. The Kier molecular flexibility index (Phi) is 7.02. The van der Waals surface area contributed by atoms with Gasteiger partial charge in [0.2, 0.25) is 0 Å². The smallest absolute Gasteiger partial charge is 0.0299 e. The third-order valence-corrected chi connectivity index (χ3v) is 3.34. The molecule has 0 aromatic rings. The van der Waals surface area contributed by atoms with E-state index in [0.717, 1.165) is 29.7 Å². The van der Waals surface area contributed by atoms with Gasteiger partial charge in [-0.2, -0.15) is 11.8 Å². The summed E-state index contributed by atoms with van der Waals surface area (Å²) in [6.07, 6.45) is 4.20. The van der Waals surface area contributed by atoms with Crippen molar-refractivity contribution in [1.29, 1.82) is 0 Å². The van der Waals surface area contributed by atoms with Crippen molar-refractivity contribution in [2.24, 2.45) is 11.7 Å². The van der Waals surface area contributed by atoms with Crippen LogP contribution in [0, 0.1) is 5.92 Å². The van der Waals surface area contributed by atoms with Gasteiger partial charge in [0.15, 0.2) is 0 Å². The molecule has 2 heteroatoms. The highest BCUT2D eigenvalue weighted by molar-refractivity contribution is 7.98. The second-order valence-electron chi connectivity index (χ2n) is 3.75. The van der Waals surface area contributed by atoms with Crippen LogP contribution in [0.3, 0.4) is 0 Å². The fraction of sp³-hybridized carbons (Fsp3) is 0.667. The van der Waals surface area contributed by atoms with E-state index < -0.39 is 0 Å². The molecule has 0 bridgehead atoms. The Balaban J connectivity index is 4.10. The average molecular weight is 213 g/mol. The predicted molar refractivity (Wildman–Crippen MR) is 68.7 cm³/mol. The molecular weight excluding hydrogens is 190 g/mol. The van der Waals surface area contributed by atoms with Crippen molar-refractivity contribution in [2.75, 3.05) is 12.0 Å². The maximum absolute atomic E-state index is 6.02. The van der Waals surface area contributed by atoms with Gasteiger partial charge in [-0.1, -0.05) is 27.0 Å². The van der Waals surface area contributed by atoms with Gasteiger partial charge in [0.1, 0.15) is 0 Å². The van der Waals surface area contributed by atoms with Crippen molar-refractivity contribution in [3.8, 4) is 0 Å². The molecule has 82 valence electrons. The highest BCUT2D eigenvalue weighted by atomic mass is 32.2. The third-order valence-electron chi connectivity index (χ3n) is 2.70. The molecule has 0 spiro atoms. The number of nitrogens with two attached hydrogens (primary N) is 1. The van der Waals surface area contributed by atoms with Crippen LogP contribution in [0.15, 0.2) is 24.3 Å². The van der Waals surface area contributed by atoms with Crippen molar-refractivity contribution in [3.63, 3.8) is 0 Å². The number of hydrogen-bond donors (Lipinski definition) is 1. The Morgan fingerprint density at radius 2 is 1.93 bits per heavy atom. The minimum absolute atomic E-state index is 0.0870. The van der Waals surface area contributed by atoms with E-state index in [0.29, 0.717) is 5.92 Å². The van der Waals surface area contributed by atoms with Crippen LogP contribution in [0.2, 0.25) is 0 Å². The summed E-state index contributed by atoms with van der Waals surface area (Å²) in [7, 11) is 0. The van der Waals surface area contributed by atoms with Gasteiger partial charge in [0.25, 0.3) is 0 Å². The van der Waals surface area contributed by atoms with Crippen LogP contribution in [0.1, 0.15) is 26.7 Å². The molecule has 0 fully saturated rings. The molecule has 0 aliphatic rings. The second-order valence-corrected chi connectivity index (χ2v) is 4.73. The van der Waals surface area contributed by atoms with Crippen molar-refractivity contribution in [1.82, 2.24) is 0 Å². The molecule has 2 atom stereocenters. The Labute approximate surface area is 92.8 Å². The summed E-state index contributed by atoms with van der Waals surface area (Å²) in [5.74, 6) is 1.59.